The molecule has 15 heavy (non-hydrogen) atoms. The molecular formula is C11H15BrClNO. The summed E-state index contributed by atoms with van der Waals surface area (Å²) in [5.41, 5.74) is 6.27. The highest BCUT2D eigenvalue weighted by Crippen LogP contribution is 2.16. The summed E-state index contributed by atoms with van der Waals surface area (Å²) in [7, 11) is 0. The molecule has 0 spiro atoms. The van der Waals surface area contributed by atoms with Crippen molar-refractivity contribution in [1.82, 2.24) is 0 Å². The fourth-order valence-corrected chi connectivity index (χ4v) is 1.70. The van der Waals surface area contributed by atoms with Crippen molar-refractivity contribution in [3.63, 3.8) is 0 Å². The van der Waals surface area contributed by atoms with Gasteiger partial charge in [-0.3, -0.25) is 0 Å². The van der Waals surface area contributed by atoms with E-state index < -0.39 is 0 Å². The van der Waals surface area contributed by atoms with Gasteiger partial charge >= 0.3 is 0 Å². The smallest absolute Gasteiger partial charge is 0.131 e. The standard InChI is InChI=1S/C6H6BrN.C5H9ClO/c7-5-3-1-2-4-6(5)8;6-5-3-1-2-4-7-5/h1-4H,8H2;5H,1-4H2. The Labute approximate surface area is 104 Å². The van der Waals surface area contributed by atoms with Crippen molar-refractivity contribution in [3.05, 3.63) is 28.7 Å². The maximum atomic E-state index is 5.59. The Morgan fingerprint density at radius 1 is 1.33 bits per heavy atom. The highest BCUT2D eigenvalue weighted by molar-refractivity contribution is 9.10. The average Bonchev–Trinajstić information content (AvgIpc) is 2.25. The van der Waals surface area contributed by atoms with Gasteiger partial charge in [-0.25, -0.2) is 0 Å². The van der Waals surface area contributed by atoms with Crippen LogP contribution in [0.3, 0.4) is 0 Å². The number of anilines is 1. The number of ether oxygens (including phenoxy) is 1. The number of rotatable bonds is 0. The second-order valence-corrected chi connectivity index (χ2v) is 4.64. The van der Waals surface area contributed by atoms with Gasteiger partial charge in [0.05, 0.1) is 0 Å². The summed E-state index contributed by atoms with van der Waals surface area (Å²) in [6.07, 6.45) is 3.44. The lowest BCUT2D eigenvalue weighted by atomic mass is 10.2. The van der Waals surface area contributed by atoms with E-state index in [1.54, 1.807) is 0 Å². The molecule has 84 valence electrons. The van der Waals surface area contributed by atoms with Crippen LogP contribution in [0.25, 0.3) is 0 Å². The van der Waals surface area contributed by atoms with Crippen molar-refractivity contribution >= 4 is 33.2 Å². The number of nitrogens with two attached hydrogens (primary N) is 1. The van der Waals surface area contributed by atoms with Crippen molar-refractivity contribution in [1.29, 1.82) is 0 Å². The van der Waals surface area contributed by atoms with Crippen LogP contribution in [0.15, 0.2) is 28.7 Å². The van der Waals surface area contributed by atoms with Crippen LogP contribution >= 0.6 is 27.5 Å². The summed E-state index contributed by atoms with van der Waals surface area (Å²) in [5.74, 6) is 0. The zero-order valence-corrected chi connectivity index (χ0v) is 10.8. The van der Waals surface area contributed by atoms with E-state index in [2.05, 4.69) is 15.9 Å². The second kappa shape index (κ2) is 7.09. The zero-order valence-electron chi connectivity index (χ0n) is 8.46. The Bertz CT molecular complexity index is 269. The third-order valence-electron chi connectivity index (χ3n) is 2.03. The molecule has 0 bridgehead atoms. The van der Waals surface area contributed by atoms with Gasteiger partial charge in [-0.2, -0.15) is 0 Å². The number of alkyl halides is 1. The summed E-state index contributed by atoms with van der Waals surface area (Å²) in [5, 5.41) is 0. The highest BCUT2D eigenvalue weighted by atomic mass is 79.9. The summed E-state index contributed by atoms with van der Waals surface area (Å²) < 4.78 is 6.00. The minimum atomic E-state index is 0.00810. The first-order valence-corrected chi connectivity index (χ1v) is 6.19. The molecule has 2 nitrogen and oxygen atoms in total. The number of hydrogen-bond acceptors (Lipinski definition) is 2. The molecule has 1 aromatic rings. The van der Waals surface area contributed by atoms with Crippen LogP contribution in [0.2, 0.25) is 0 Å². The molecule has 2 rings (SSSR count). The maximum absolute atomic E-state index is 5.59. The van der Waals surface area contributed by atoms with E-state index >= 15 is 0 Å². The van der Waals surface area contributed by atoms with Crippen LogP contribution in [0.5, 0.6) is 0 Å². The lowest BCUT2D eigenvalue weighted by Gasteiger charge is -2.15. The summed E-state index contributed by atoms with van der Waals surface area (Å²) in [6.45, 7) is 0.855. The van der Waals surface area contributed by atoms with Crippen molar-refractivity contribution in [2.45, 2.75) is 24.8 Å². The molecule has 1 aliphatic rings. The molecule has 1 heterocycles. The molecule has 1 aromatic carbocycles. The Balaban J connectivity index is 0.000000151. The van der Waals surface area contributed by atoms with Crippen LogP contribution in [0.4, 0.5) is 5.69 Å². The van der Waals surface area contributed by atoms with Crippen molar-refractivity contribution in [3.8, 4) is 0 Å². The molecule has 1 atom stereocenters. The van der Waals surface area contributed by atoms with Crippen LogP contribution in [-0.2, 0) is 4.74 Å². The number of halogens is 2. The lowest BCUT2D eigenvalue weighted by molar-refractivity contribution is 0.0680. The van der Waals surface area contributed by atoms with E-state index in [0.717, 1.165) is 23.2 Å². The largest absolute Gasteiger partial charge is 0.398 e. The van der Waals surface area contributed by atoms with Crippen LogP contribution in [-0.4, -0.2) is 12.2 Å². The average molecular weight is 293 g/mol. The first-order chi connectivity index (χ1) is 7.20. The van der Waals surface area contributed by atoms with Gasteiger partial charge in [-0.05, 0) is 47.3 Å². The van der Waals surface area contributed by atoms with E-state index in [4.69, 9.17) is 22.1 Å². The molecule has 0 radical (unpaired) electrons. The molecule has 0 aromatic heterocycles. The van der Waals surface area contributed by atoms with Gasteiger partial charge in [0, 0.05) is 16.8 Å². The van der Waals surface area contributed by atoms with Gasteiger partial charge in [0.15, 0.2) is 0 Å². The molecule has 0 saturated carbocycles. The molecule has 2 N–H and O–H groups in total. The predicted molar refractivity (Wildman–Crippen MR) is 68.0 cm³/mol. The van der Waals surface area contributed by atoms with Gasteiger partial charge in [-0.15, -0.1) is 0 Å². The minimum Gasteiger partial charge on any atom is -0.398 e. The summed E-state index contributed by atoms with van der Waals surface area (Å²) in [6, 6.07) is 7.60. The molecular weight excluding hydrogens is 277 g/mol. The van der Waals surface area contributed by atoms with E-state index in [1.807, 2.05) is 24.3 Å². The molecule has 1 fully saturated rings. The van der Waals surface area contributed by atoms with Gasteiger partial charge in [0.2, 0.25) is 0 Å². The van der Waals surface area contributed by atoms with Crippen molar-refractivity contribution in [2.24, 2.45) is 0 Å². The maximum Gasteiger partial charge on any atom is 0.131 e. The van der Waals surface area contributed by atoms with E-state index in [0.29, 0.717) is 0 Å². The van der Waals surface area contributed by atoms with E-state index in [-0.39, 0.29) is 5.56 Å². The SMILES string of the molecule is ClC1CCCCO1.Nc1ccccc1Br. The first-order valence-electron chi connectivity index (χ1n) is 4.96. The fourth-order valence-electron chi connectivity index (χ4n) is 1.18. The number of hydrogen-bond donors (Lipinski definition) is 1. The number of nitrogen functional groups attached to an aromatic ring is 1. The lowest BCUT2D eigenvalue weighted by Crippen LogP contribution is -2.11. The van der Waals surface area contributed by atoms with E-state index in [9.17, 15) is 0 Å². The third-order valence-corrected chi connectivity index (χ3v) is 3.10. The Morgan fingerprint density at radius 2 is 2.07 bits per heavy atom. The summed E-state index contributed by atoms with van der Waals surface area (Å²) in [4.78, 5) is 0. The van der Waals surface area contributed by atoms with Gasteiger partial charge in [0.25, 0.3) is 0 Å². The first kappa shape index (κ1) is 12.8. The quantitative estimate of drug-likeness (QED) is 0.583. The fraction of sp³-hybridized carbons (Fsp3) is 0.455. The molecule has 1 unspecified atom stereocenters. The van der Waals surface area contributed by atoms with Crippen LogP contribution < -0.4 is 5.73 Å². The molecule has 0 aliphatic carbocycles. The van der Waals surface area contributed by atoms with Crippen molar-refractivity contribution < 1.29 is 4.74 Å². The Hall–Kier alpha value is -0.250. The van der Waals surface area contributed by atoms with Gasteiger partial charge in [0.1, 0.15) is 5.56 Å². The topological polar surface area (TPSA) is 35.2 Å². The van der Waals surface area contributed by atoms with E-state index in [1.165, 1.54) is 12.8 Å². The van der Waals surface area contributed by atoms with Gasteiger partial charge in [-0.1, -0.05) is 23.7 Å². The van der Waals surface area contributed by atoms with Crippen molar-refractivity contribution in [2.75, 3.05) is 12.3 Å². The normalized spacial score (nSPS) is 20.3. The minimum absolute atomic E-state index is 0.00810. The van der Waals surface area contributed by atoms with Crippen LogP contribution in [0, 0.1) is 0 Å². The molecule has 1 saturated heterocycles. The molecule has 1 aliphatic heterocycles. The van der Waals surface area contributed by atoms with Crippen LogP contribution in [0.1, 0.15) is 19.3 Å². The highest BCUT2D eigenvalue weighted by Gasteiger charge is 2.08. The molecule has 0 amide bonds. The third kappa shape index (κ3) is 5.40. The zero-order chi connectivity index (χ0) is 11.1. The Morgan fingerprint density at radius 3 is 2.40 bits per heavy atom. The number of benzene rings is 1. The second-order valence-electron chi connectivity index (χ2n) is 3.30. The van der Waals surface area contributed by atoms with Gasteiger partial charge < -0.3 is 10.5 Å². The monoisotopic (exact) mass is 291 g/mol. The molecule has 4 heteroatoms. The summed E-state index contributed by atoms with van der Waals surface area (Å²) >= 11 is 8.86. The number of para-hydroxylation sites is 1. The Kier molecular flexibility index (Phi) is 6.06. The predicted octanol–water partition coefficient (Wildman–Crippen LogP) is 3.78.